The van der Waals surface area contributed by atoms with E-state index in [9.17, 15) is 24.3 Å². The minimum atomic E-state index is -0.767. The number of hydrogen-bond donors (Lipinski definition) is 2. The first-order chi connectivity index (χ1) is 16.2. The monoisotopic (exact) mass is 485 g/mol. The van der Waals surface area contributed by atoms with Gasteiger partial charge < -0.3 is 20.2 Å². The lowest BCUT2D eigenvalue weighted by Gasteiger charge is -2.32. The summed E-state index contributed by atoms with van der Waals surface area (Å²) in [7, 11) is 1.96. The number of nitrogens with zero attached hydrogens (tertiary/aromatic N) is 4. The van der Waals surface area contributed by atoms with Crippen LogP contribution >= 0.6 is 11.6 Å². The Hall–Kier alpha value is -3.63. The predicted octanol–water partition coefficient (Wildman–Crippen LogP) is 0.935. The maximum absolute atomic E-state index is 13.3. The molecule has 0 radical (unpaired) electrons. The number of fused-ring (bicyclic) bond motifs is 1. The summed E-state index contributed by atoms with van der Waals surface area (Å²) in [4.78, 5) is 55.6. The van der Waals surface area contributed by atoms with Gasteiger partial charge in [-0.15, -0.1) is 0 Å². The van der Waals surface area contributed by atoms with E-state index in [1.54, 1.807) is 29.2 Å². The van der Waals surface area contributed by atoms with Gasteiger partial charge in [-0.2, -0.15) is 0 Å². The van der Waals surface area contributed by atoms with E-state index in [2.05, 4.69) is 10.2 Å². The highest BCUT2D eigenvalue weighted by atomic mass is 35.5. The highest BCUT2D eigenvalue weighted by Gasteiger charge is 2.22. The second-order valence-electron chi connectivity index (χ2n) is 8.17. The summed E-state index contributed by atoms with van der Waals surface area (Å²) in [5.41, 5.74) is -0.997. The molecule has 34 heavy (non-hydrogen) atoms. The molecule has 3 aromatic rings. The number of phenolic OH excluding ortho intramolecular Hbond substituents is 1. The fraction of sp³-hybridized carbons (Fsp3) is 0.304. The maximum Gasteiger partial charge on any atom is 0.332 e. The number of piperazine rings is 1. The second kappa shape index (κ2) is 9.70. The molecule has 2 aromatic carbocycles. The first-order valence-corrected chi connectivity index (χ1v) is 11.1. The lowest BCUT2D eigenvalue weighted by molar-refractivity contribution is -0.133. The van der Waals surface area contributed by atoms with Gasteiger partial charge >= 0.3 is 5.69 Å². The molecule has 10 nitrogen and oxygen atoms in total. The van der Waals surface area contributed by atoms with E-state index in [1.165, 1.54) is 18.2 Å². The Morgan fingerprint density at radius 1 is 1.00 bits per heavy atom. The fourth-order valence-electron chi connectivity index (χ4n) is 3.90. The molecule has 0 saturated carbocycles. The molecule has 0 spiro atoms. The average Bonchev–Trinajstić information content (AvgIpc) is 2.82. The average molecular weight is 486 g/mol. The van der Waals surface area contributed by atoms with Crippen molar-refractivity contribution in [3.8, 4) is 5.75 Å². The summed E-state index contributed by atoms with van der Waals surface area (Å²) < 4.78 is 2.01. The summed E-state index contributed by atoms with van der Waals surface area (Å²) in [6.07, 6.45) is 0. The minimum absolute atomic E-state index is 0.0911. The molecule has 2 N–H and O–H groups in total. The van der Waals surface area contributed by atoms with E-state index >= 15 is 0 Å². The lowest BCUT2D eigenvalue weighted by Crippen LogP contribution is -2.50. The van der Waals surface area contributed by atoms with E-state index in [4.69, 9.17) is 11.6 Å². The van der Waals surface area contributed by atoms with Gasteiger partial charge in [0, 0.05) is 31.2 Å². The van der Waals surface area contributed by atoms with Crippen LogP contribution in [0.15, 0.2) is 52.1 Å². The highest BCUT2D eigenvalue weighted by molar-refractivity contribution is 6.31. The molecule has 1 aliphatic rings. The molecule has 0 bridgehead atoms. The maximum atomic E-state index is 13.3. The van der Waals surface area contributed by atoms with Crippen LogP contribution in [0.2, 0.25) is 5.02 Å². The zero-order valence-electron chi connectivity index (χ0n) is 18.5. The number of anilines is 1. The molecule has 1 saturated heterocycles. The molecule has 2 heterocycles. The van der Waals surface area contributed by atoms with Gasteiger partial charge in [0.2, 0.25) is 11.8 Å². The van der Waals surface area contributed by atoms with E-state index in [0.717, 1.165) is 9.13 Å². The smallest absolute Gasteiger partial charge is 0.332 e. The number of aromatic hydroxyl groups is 1. The van der Waals surface area contributed by atoms with E-state index < -0.39 is 30.2 Å². The van der Waals surface area contributed by atoms with Crippen molar-refractivity contribution in [3.05, 3.63) is 68.3 Å². The summed E-state index contributed by atoms with van der Waals surface area (Å²) >= 11 is 5.93. The number of amides is 2. The third kappa shape index (κ3) is 4.82. The number of likely N-dealkylation sites (N-methyl/N-ethyl adjacent to an activating group) is 1. The van der Waals surface area contributed by atoms with Crippen molar-refractivity contribution in [2.75, 3.05) is 38.5 Å². The van der Waals surface area contributed by atoms with E-state index in [1.807, 2.05) is 7.05 Å². The Balaban J connectivity index is 1.67. The number of para-hydroxylation sites is 1. The number of carbonyl (C=O) groups is 2. The van der Waals surface area contributed by atoms with Crippen molar-refractivity contribution >= 4 is 40.0 Å². The van der Waals surface area contributed by atoms with Gasteiger partial charge in [-0.05, 0) is 37.4 Å². The third-order valence-electron chi connectivity index (χ3n) is 5.82. The van der Waals surface area contributed by atoms with Crippen LogP contribution in [0.4, 0.5) is 5.69 Å². The molecular formula is C23H24ClN5O5. The van der Waals surface area contributed by atoms with Gasteiger partial charge in [0.05, 0.1) is 16.6 Å². The van der Waals surface area contributed by atoms with Crippen LogP contribution in [-0.4, -0.2) is 69.1 Å². The van der Waals surface area contributed by atoms with Crippen molar-refractivity contribution in [3.63, 3.8) is 0 Å². The minimum Gasteiger partial charge on any atom is -0.506 e. The van der Waals surface area contributed by atoms with Crippen molar-refractivity contribution < 1.29 is 14.7 Å². The Bertz CT molecular complexity index is 1370. The zero-order chi connectivity index (χ0) is 24.4. The molecule has 2 amide bonds. The highest BCUT2D eigenvalue weighted by Crippen LogP contribution is 2.26. The lowest BCUT2D eigenvalue weighted by atomic mass is 10.2. The van der Waals surface area contributed by atoms with Gasteiger partial charge in [-0.1, -0.05) is 23.7 Å². The molecule has 0 aliphatic carbocycles. The molecule has 1 aromatic heterocycles. The number of nitrogens with one attached hydrogen (secondary N) is 1. The van der Waals surface area contributed by atoms with Crippen LogP contribution in [0.5, 0.6) is 5.75 Å². The molecule has 0 unspecified atom stereocenters. The number of hydrogen-bond acceptors (Lipinski definition) is 6. The van der Waals surface area contributed by atoms with Crippen LogP contribution in [0.1, 0.15) is 0 Å². The molecular weight excluding hydrogens is 462 g/mol. The van der Waals surface area contributed by atoms with Crippen molar-refractivity contribution in [2.45, 2.75) is 13.1 Å². The first-order valence-electron chi connectivity index (χ1n) is 10.7. The summed E-state index contributed by atoms with van der Waals surface area (Å²) in [6, 6.07) is 10.6. The van der Waals surface area contributed by atoms with Gasteiger partial charge in [0.15, 0.2) is 0 Å². The first kappa shape index (κ1) is 23.5. The summed E-state index contributed by atoms with van der Waals surface area (Å²) in [6.45, 7) is 1.59. The van der Waals surface area contributed by atoms with Crippen molar-refractivity contribution in [1.29, 1.82) is 0 Å². The van der Waals surface area contributed by atoms with Crippen molar-refractivity contribution in [2.24, 2.45) is 0 Å². The topological polar surface area (TPSA) is 117 Å². The standard InChI is InChI=1S/C23H24ClN5O5/c1-26-8-10-27(11-9-26)21(32)14-29-22(33)16-4-2-3-5-18(16)28(23(29)34)13-20(31)25-17-12-15(24)6-7-19(17)30/h2-7,12,30H,8-11,13-14H2,1H3,(H,25,31). The quantitative estimate of drug-likeness (QED) is 0.519. The SMILES string of the molecule is CN1CCN(C(=O)Cn2c(=O)c3ccccc3n(CC(=O)Nc3cc(Cl)ccc3O)c2=O)CC1. The fourth-order valence-corrected chi connectivity index (χ4v) is 4.07. The van der Waals surface area contributed by atoms with Crippen LogP contribution < -0.4 is 16.6 Å². The number of phenols is 1. The molecule has 0 atom stereocenters. The van der Waals surface area contributed by atoms with Crippen LogP contribution in [0.25, 0.3) is 10.9 Å². The number of benzene rings is 2. The Kier molecular flexibility index (Phi) is 6.71. The van der Waals surface area contributed by atoms with Crippen LogP contribution in [0, 0.1) is 0 Å². The molecule has 1 fully saturated rings. The number of carbonyl (C=O) groups excluding carboxylic acids is 2. The van der Waals surface area contributed by atoms with Crippen LogP contribution in [-0.2, 0) is 22.7 Å². The third-order valence-corrected chi connectivity index (χ3v) is 6.05. The normalized spacial score (nSPS) is 14.4. The Morgan fingerprint density at radius 3 is 2.44 bits per heavy atom. The number of halogens is 1. The van der Waals surface area contributed by atoms with Gasteiger partial charge in [0.25, 0.3) is 5.56 Å². The summed E-state index contributed by atoms with van der Waals surface area (Å²) in [5.74, 6) is -1.12. The summed E-state index contributed by atoms with van der Waals surface area (Å²) in [5, 5.41) is 13.0. The van der Waals surface area contributed by atoms with E-state index in [0.29, 0.717) is 31.2 Å². The molecule has 1 aliphatic heterocycles. The number of rotatable bonds is 5. The zero-order valence-corrected chi connectivity index (χ0v) is 19.3. The van der Waals surface area contributed by atoms with Crippen molar-refractivity contribution in [1.82, 2.24) is 18.9 Å². The molecule has 4 rings (SSSR count). The van der Waals surface area contributed by atoms with Gasteiger partial charge in [0.1, 0.15) is 18.8 Å². The Morgan fingerprint density at radius 2 is 1.71 bits per heavy atom. The van der Waals surface area contributed by atoms with Crippen LogP contribution in [0.3, 0.4) is 0 Å². The van der Waals surface area contributed by atoms with Gasteiger partial charge in [-0.25, -0.2) is 4.79 Å². The molecule has 178 valence electrons. The molecule has 11 heteroatoms. The second-order valence-corrected chi connectivity index (χ2v) is 8.61. The predicted molar refractivity (Wildman–Crippen MR) is 128 cm³/mol. The van der Waals surface area contributed by atoms with Gasteiger partial charge in [-0.3, -0.25) is 23.5 Å². The van der Waals surface area contributed by atoms with E-state index in [-0.39, 0.29) is 28.2 Å². The Labute approximate surface area is 199 Å². The number of aromatic nitrogens is 2. The largest absolute Gasteiger partial charge is 0.506 e.